The molecule has 0 aliphatic carbocycles. The summed E-state index contributed by atoms with van der Waals surface area (Å²) in [5.74, 6) is -1.60. The molecule has 0 N–H and O–H groups in total. The Morgan fingerprint density at radius 2 is 1.70 bits per heavy atom. The van der Waals surface area contributed by atoms with Crippen molar-refractivity contribution in [2.24, 2.45) is 0 Å². The summed E-state index contributed by atoms with van der Waals surface area (Å²) in [5.41, 5.74) is 1.20. The van der Waals surface area contributed by atoms with Gasteiger partial charge in [-0.05, 0) is 43.4 Å². The number of carbonyl (C=O) groups excluding carboxylic acids is 4. The predicted octanol–water partition coefficient (Wildman–Crippen LogP) is 2.40. The molecule has 3 rings (SSSR count). The molecular formula is C20H25N3O4. The molecule has 2 fully saturated rings. The van der Waals surface area contributed by atoms with Crippen molar-refractivity contribution < 1.29 is 19.2 Å². The van der Waals surface area contributed by atoms with Crippen molar-refractivity contribution in [1.29, 1.82) is 0 Å². The van der Waals surface area contributed by atoms with Crippen LogP contribution in [-0.4, -0.2) is 58.1 Å². The van der Waals surface area contributed by atoms with Gasteiger partial charge in [-0.3, -0.25) is 24.2 Å². The van der Waals surface area contributed by atoms with Crippen LogP contribution in [0.3, 0.4) is 0 Å². The molecule has 0 unspecified atom stereocenters. The van der Waals surface area contributed by atoms with Crippen molar-refractivity contribution in [3.8, 4) is 0 Å². The van der Waals surface area contributed by atoms with E-state index in [0.717, 1.165) is 48.6 Å². The lowest BCUT2D eigenvalue weighted by atomic mass is 10.1. The van der Waals surface area contributed by atoms with Gasteiger partial charge in [-0.25, -0.2) is 4.79 Å². The lowest BCUT2D eigenvalue weighted by molar-refractivity contribution is -0.143. The van der Waals surface area contributed by atoms with Gasteiger partial charge in [-0.2, -0.15) is 0 Å². The maximum absolute atomic E-state index is 12.7. The Balaban J connectivity index is 1.72. The van der Waals surface area contributed by atoms with Crippen molar-refractivity contribution >= 4 is 23.8 Å². The van der Waals surface area contributed by atoms with Crippen LogP contribution in [0, 0.1) is 0 Å². The van der Waals surface area contributed by atoms with E-state index in [1.165, 1.54) is 0 Å². The first-order chi connectivity index (χ1) is 13.0. The number of urea groups is 1. The fraction of sp³-hybridized carbons (Fsp3) is 0.500. The summed E-state index contributed by atoms with van der Waals surface area (Å²) in [6.45, 7) is 3.71. The number of amides is 5. The standard InChI is InChI=1S/C20H25N3O4/c1-2-3-12-22-18(25)19(26)23(20(22)27)14-15-8-7-9-16(13-15)17(24)21-10-5-4-6-11-21/h7-9,13H,2-6,10-12,14H2,1H3. The number of unbranched alkanes of at least 4 members (excludes halogenated alkanes) is 1. The van der Waals surface area contributed by atoms with Gasteiger partial charge >= 0.3 is 17.8 Å². The number of hydrogen-bond donors (Lipinski definition) is 0. The number of likely N-dealkylation sites (tertiary alicyclic amines) is 1. The number of benzene rings is 1. The van der Waals surface area contributed by atoms with Crippen molar-refractivity contribution in [2.75, 3.05) is 19.6 Å². The SMILES string of the molecule is CCCCN1C(=O)C(=O)N(Cc2cccc(C(=O)N3CCCCC3)c2)C1=O. The van der Waals surface area contributed by atoms with E-state index in [1.54, 1.807) is 24.3 Å². The number of piperidine rings is 1. The van der Waals surface area contributed by atoms with Gasteiger partial charge in [0.2, 0.25) is 0 Å². The van der Waals surface area contributed by atoms with Crippen LogP contribution in [0.2, 0.25) is 0 Å². The minimum atomic E-state index is -0.802. The predicted molar refractivity (Wildman–Crippen MR) is 98.8 cm³/mol. The third kappa shape index (κ3) is 4.02. The van der Waals surface area contributed by atoms with Crippen LogP contribution in [0.25, 0.3) is 0 Å². The molecule has 7 heteroatoms. The van der Waals surface area contributed by atoms with Gasteiger partial charge in [0, 0.05) is 25.2 Å². The van der Waals surface area contributed by atoms with Gasteiger partial charge in [-0.1, -0.05) is 25.5 Å². The highest BCUT2D eigenvalue weighted by molar-refractivity contribution is 6.44. The summed E-state index contributed by atoms with van der Waals surface area (Å²) in [4.78, 5) is 53.2. The van der Waals surface area contributed by atoms with Gasteiger partial charge in [-0.15, -0.1) is 0 Å². The second-order valence-electron chi connectivity index (χ2n) is 7.04. The zero-order chi connectivity index (χ0) is 19.4. The monoisotopic (exact) mass is 371 g/mol. The van der Waals surface area contributed by atoms with E-state index in [9.17, 15) is 19.2 Å². The topological polar surface area (TPSA) is 78.0 Å². The van der Waals surface area contributed by atoms with Crippen molar-refractivity contribution in [2.45, 2.75) is 45.6 Å². The maximum Gasteiger partial charge on any atom is 0.334 e. The van der Waals surface area contributed by atoms with Gasteiger partial charge < -0.3 is 4.90 Å². The first-order valence-corrected chi connectivity index (χ1v) is 9.58. The van der Waals surface area contributed by atoms with E-state index in [4.69, 9.17) is 0 Å². The maximum atomic E-state index is 12.7. The number of imide groups is 2. The molecule has 5 amide bonds. The quantitative estimate of drug-likeness (QED) is 0.568. The molecule has 0 bridgehead atoms. The summed E-state index contributed by atoms with van der Waals surface area (Å²) >= 11 is 0. The number of hydrogen-bond acceptors (Lipinski definition) is 4. The molecule has 0 saturated carbocycles. The molecule has 1 aromatic rings. The van der Waals surface area contributed by atoms with E-state index in [2.05, 4.69) is 0 Å². The zero-order valence-corrected chi connectivity index (χ0v) is 15.6. The van der Waals surface area contributed by atoms with Crippen LogP contribution >= 0.6 is 0 Å². The van der Waals surface area contributed by atoms with E-state index in [1.807, 2.05) is 11.8 Å². The normalized spacial score (nSPS) is 17.8. The van der Waals surface area contributed by atoms with E-state index >= 15 is 0 Å². The average Bonchev–Trinajstić information content (AvgIpc) is 2.90. The zero-order valence-electron chi connectivity index (χ0n) is 15.6. The molecule has 0 atom stereocenters. The second-order valence-corrected chi connectivity index (χ2v) is 7.04. The van der Waals surface area contributed by atoms with Crippen molar-refractivity contribution in [3.05, 3.63) is 35.4 Å². The Kier molecular flexibility index (Phi) is 5.88. The van der Waals surface area contributed by atoms with Crippen molar-refractivity contribution in [1.82, 2.24) is 14.7 Å². The third-order valence-electron chi connectivity index (χ3n) is 5.03. The molecule has 2 aliphatic rings. The number of carbonyl (C=O) groups is 4. The smallest absolute Gasteiger partial charge is 0.334 e. The van der Waals surface area contributed by atoms with Crippen LogP contribution in [0.4, 0.5) is 4.79 Å². The molecule has 2 aliphatic heterocycles. The van der Waals surface area contributed by atoms with Crippen LogP contribution in [-0.2, 0) is 16.1 Å². The largest absolute Gasteiger partial charge is 0.339 e. The van der Waals surface area contributed by atoms with Gasteiger partial charge in [0.1, 0.15) is 0 Å². The van der Waals surface area contributed by atoms with Crippen molar-refractivity contribution in [3.63, 3.8) is 0 Å². The first-order valence-electron chi connectivity index (χ1n) is 9.58. The van der Waals surface area contributed by atoms with Crippen LogP contribution < -0.4 is 0 Å². The highest BCUT2D eigenvalue weighted by Gasteiger charge is 2.43. The number of nitrogens with zero attached hydrogens (tertiary/aromatic N) is 3. The average molecular weight is 371 g/mol. The highest BCUT2D eigenvalue weighted by Crippen LogP contribution is 2.19. The van der Waals surface area contributed by atoms with Crippen LogP contribution in [0.5, 0.6) is 0 Å². The molecule has 0 aromatic heterocycles. The van der Waals surface area contributed by atoms with E-state index in [0.29, 0.717) is 17.5 Å². The minimum absolute atomic E-state index is 0.00679. The molecule has 0 radical (unpaired) electrons. The molecule has 7 nitrogen and oxygen atoms in total. The highest BCUT2D eigenvalue weighted by atomic mass is 16.2. The second kappa shape index (κ2) is 8.33. The first kappa shape index (κ1) is 19.1. The Morgan fingerprint density at radius 3 is 2.41 bits per heavy atom. The summed E-state index contributed by atoms with van der Waals surface area (Å²) < 4.78 is 0. The van der Waals surface area contributed by atoms with Gasteiger partial charge in [0.25, 0.3) is 5.91 Å². The molecule has 2 saturated heterocycles. The lowest BCUT2D eigenvalue weighted by Gasteiger charge is -2.27. The van der Waals surface area contributed by atoms with E-state index in [-0.39, 0.29) is 19.0 Å². The summed E-state index contributed by atoms with van der Waals surface area (Å²) in [5, 5.41) is 0. The number of rotatable bonds is 6. The molecule has 2 heterocycles. The molecule has 1 aromatic carbocycles. The summed E-state index contributed by atoms with van der Waals surface area (Å²) in [7, 11) is 0. The fourth-order valence-corrected chi connectivity index (χ4v) is 3.47. The molecule has 0 spiro atoms. The Labute approximate surface area is 158 Å². The van der Waals surface area contributed by atoms with Crippen LogP contribution in [0.15, 0.2) is 24.3 Å². The van der Waals surface area contributed by atoms with Gasteiger partial charge in [0.05, 0.1) is 6.54 Å². The molecular weight excluding hydrogens is 346 g/mol. The third-order valence-corrected chi connectivity index (χ3v) is 5.03. The summed E-state index contributed by atoms with van der Waals surface area (Å²) in [6.07, 6.45) is 4.66. The fourth-order valence-electron chi connectivity index (χ4n) is 3.47. The van der Waals surface area contributed by atoms with E-state index < -0.39 is 17.8 Å². The molecule has 27 heavy (non-hydrogen) atoms. The van der Waals surface area contributed by atoms with Crippen LogP contribution in [0.1, 0.15) is 54.9 Å². The Bertz CT molecular complexity index is 755. The molecule has 144 valence electrons. The Morgan fingerprint density at radius 1 is 1.00 bits per heavy atom. The Hall–Kier alpha value is -2.70. The van der Waals surface area contributed by atoms with Gasteiger partial charge in [0.15, 0.2) is 0 Å². The summed E-state index contributed by atoms with van der Waals surface area (Å²) in [6, 6.07) is 6.37. The minimum Gasteiger partial charge on any atom is -0.339 e. The lowest BCUT2D eigenvalue weighted by Crippen LogP contribution is -2.36.